The average Bonchev–Trinajstić information content (AvgIpc) is 3.67. The van der Waals surface area contributed by atoms with Crippen LogP contribution in [0.2, 0.25) is 5.02 Å². The normalized spacial score (nSPS) is 14.1. The Balaban J connectivity index is 1.55. The number of carbonyl (C=O) groups is 1. The number of benzene rings is 3. The molecule has 1 fully saturated rings. The fourth-order valence-electron chi connectivity index (χ4n) is 4.33. The fourth-order valence-corrected chi connectivity index (χ4v) is 4.59. The van der Waals surface area contributed by atoms with Gasteiger partial charge in [-0.15, -0.1) is 0 Å². The van der Waals surface area contributed by atoms with E-state index in [0.717, 1.165) is 18.4 Å². The summed E-state index contributed by atoms with van der Waals surface area (Å²) in [4.78, 5) is 26.5. The molecule has 0 unspecified atom stereocenters. The molecule has 1 N–H and O–H groups in total. The van der Waals surface area contributed by atoms with Gasteiger partial charge in [-0.05, 0) is 61.6 Å². The Morgan fingerprint density at radius 3 is 2.44 bits per heavy atom. The van der Waals surface area contributed by atoms with E-state index < -0.39 is 6.09 Å². The van der Waals surface area contributed by atoms with Crippen LogP contribution in [0.3, 0.4) is 0 Å². The smallest absolute Gasteiger partial charge is 0.408 e. The van der Waals surface area contributed by atoms with Gasteiger partial charge in [-0.25, -0.2) is 9.18 Å². The molecule has 7 heteroatoms. The van der Waals surface area contributed by atoms with Crippen molar-refractivity contribution in [3.8, 4) is 11.4 Å². The second kappa shape index (κ2) is 8.95. The first-order valence-corrected chi connectivity index (χ1v) is 11.4. The van der Waals surface area contributed by atoms with Crippen molar-refractivity contribution in [3.63, 3.8) is 0 Å². The van der Waals surface area contributed by atoms with Crippen molar-refractivity contribution in [2.75, 3.05) is 0 Å². The highest BCUT2D eigenvalue weighted by molar-refractivity contribution is 6.35. The second-order valence-electron chi connectivity index (χ2n) is 8.45. The number of aromatic nitrogens is 1. The monoisotopic (exact) mass is 476 g/mol. The summed E-state index contributed by atoms with van der Waals surface area (Å²) in [5, 5.41) is 3.95. The Bertz CT molecular complexity index is 1430. The van der Waals surface area contributed by atoms with Crippen LogP contribution < -0.4 is 15.6 Å². The van der Waals surface area contributed by atoms with Crippen LogP contribution in [-0.4, -0.2) is 10.7 Å². The van der Waals surface area contributed by atoms with Gasteiger partial charge >= 0.3 is 6.09 Å². The van der Waals surface area contributed by atoms with E-state index in [2.05, 4.69) is 5.32 Å². The average molecular weight is 477 g/mol. The molecule has 4 aromatic rings. The van der Waals surface area contributed by atoms with Gasteiger partial charge in [0.2, 0.25) is 0 Å². The van der Waals surface area contributed by atoms with Gasteiger partial charge in [0.25, 0.3) is 5.56 Å². The molecular formula is C27H22ClFN2O3. The number of halogens is 2. The SMILES string of the molecule is Cc1c(OC(=O)N[C@H](c2ccc(F)cc2)C2CC2)c2cccc(Cl)c2c(=O)n1-c1ccccc1. The van der Waals surface area contributed by atoms with Gasteiger partial charge in [0.15, 0.2) is 5.75 Å². The number of rotatable bonds is 5. The van der Waals surface area contributed by atoms with Crippen LogP contribution in [0.5, 0.6) is 5.75 Å². The van der Waals surface area contributed by atoms with E-state index in [1.165, 1.54) is 16.7 Å². The molecule has 172 valence electrons. The molecule has 1 aromatic heterocycles. The van der Waals surface area contributed by atoms with Gasteiger partial charge in [0, 0.05) is 11.1 Å². The zero-order valence-electron chi connectivity index (χ0n) is 18.4. The van der Waals surface area contributed by atoms with Crippen molar-refractivity contribution in [2.24, 2.45) is 5.92 Å². The molecule has 34 heavy (non-hydrogen) atoms. The van der Waals surface area contributed by atoms with E-state index >= 15 is 0 Å². The van der Waals surface area contributed by atoms with Crippen molar-refractivity contribution in [1.29, 1.82) is 0 Å². The Morgan fingerprint density at radius 2 is 1.76 bits per heavy atom. The van der Waals surface area contributed by atoms with Crippen molar-refractivity contribution < 1.29 is 13.9 Å². The molecule has 1 saturated carbocycles. The van der Waals surface area contributed by atoms with Crippen LogP contribution in [0.1, 0.15) is 30.1 Å². The minimum absolute atomic E-state index is 0.257. The number of para-hydroxylation sites is 1. The predicted molar refractivity (Wildman–Crippen MR) is 130 cm³/mol. The van der Waals surface area contributed by atoms with E-state index in [0.29, 0.717) is 16.8 Å². The summed E-state index contributed by atoms with van der Waals surface area (Å²) in [6.07, 6.45) is 1.29. The van der Waals surface area contributed by atoms with Crippen molar-refractivity contribution in [2.45, 2.75) is 25.8 Å². The highest BCUT2D eigenvalue weighted by Gasteiger charge is 2.34. The van der Waals surface area contributed by atoms with Gasteiger partial charge in [-0.3, -0.25) is 9.36 Å². The molecular weight excluding hydrogens is 455 g/mol. The number of amides is 1. The number of nitrogens with one attached hydrogen (secondary N) is 1. The largest absolute Gasteiger partial charge is 0.413 e. The molecule has 0 aliphatic heterocycles. The molecule has 1 heterocycles. The van der Waals surface area contributed by atoms with E-state index in [-0.39, 0.29) is 39.5 Å². The topological polar surface area (TPSA) is 60.3 Å². The number of hydrogen-bond acceptors (Lipinski definition) is 3. The molecule has 0 saturated heterocycles. The van der Waals surface area contributed by atoms with Crippen LogP contribution in [0.25, 0.3) is 16.5 Å². The number of ether oxygens (including phenoxy) is 1. The van der Waals surface area contributed by atoms with Crippen LogP contribution in [0.4, 0.5) is 9.18 Å². The number of nitrogens with zero attached hydrogens (tertiary/aromatic N) is 1. The first-order chi connectivity index (χ1) is 16.4. The van der Waals surface area contributed by atoms with Gasteiger partial charge in [-0.1, -0.05) is 54.1 Å². The lowest BCUT2D eigenvalue weighted by Crippen LogP contribution is -2.33. The Hall–Kier alpha value is -3.64. The van der Waals surface area contributed by atoms with Gasteiger partial charge < -0.3 is 10.1 Å². The first-order valence-electron chi connectivity index (χ1n) is 11.1. The number of pyridine rings is 1. The third kappa shape index (κ3) is 4.17. The number of hydrogen-bond donors (Lipinski definition) is 1. The van der Waals surface area contributed by atoms with Gasteiger partial charge in [0.1, 0.15) is 5.82 Å². The molecule has 1 atom stereocenters. The molecule has 0 spiro atoms. The highest BCUT2D eigenvalue weighted by Crippen LogP contribution is 2.41. The maximum Gasteiger partial charge on any atom is 0.413 e. The molecule has 1 amide bonds. The van der Waals surface area contributed by atoms with Crippen LogP contribution in [-0.2, 0) is 0 Å². The van der Waals surface area contributed by atoms with Gasteiger partial charge in [-0.2, -0.15) is 0 Å². The maximum absolute atomic E-state index is 13.4. The summed E-state index contributed by atoms with van der Waals surface area (Å²) in [5.74, 6) is 0.193. The Kier molecular flexibility index (Phi) is 5.84. The third-order valence-electron chi connectivity index (χ3n) is 6.14. The fraction of sp³-hybridized carbons (Fsp3) is 0.185. The summed E-state index contributed by atoms with van der Waals surface area (Å²) in [5.41, 5.74) is 1.64. The van der Waals surface area contributed by atoms with E-state index in [1.54, 1.807) is 49.4 Å². The summed E-state index contributed by atoms with van der Waals surface area (Å²) in [6, 6.07) is 20.0. The van der Waals surface area contributed by atoms with Crippen LogP contribution in [0, 0.1) is 18.7 Å². The van der Waals surface area contributed by atoms with Crippen molar-refractivity contribution >= 4 is 28.5 Å². The molecule has 0 radical (unpaired) electrons. The van der Waals surface area contributed by atoms with E-state index in [1.807, 2.05) is 18.2 Å². The Morgan fingerprint density at radius 1 is 1.06 bits per heavy atom. The van der Waals surface area contributed by atoms with Crippen molar-refractivity contribution in [3.05, 3.63) is 105 Å². The van der Waals surface area contributed by atoms with E-state index in [9.17, 15) is 14.0 Å². The zero-order chi connectivity index (χ0) is 23.8. The first kappa shape index (κ1) is 22.2. The molecule has 5 nitrogen and oxygen atoms in total. The molecule has 3 aromatic carbocycles. The third-order valence-corrected chi connectivity index (χ3v) is 6.46. The zero-order valence-corrected chi connectivity index (χ0v) is 19.2. The standard InChI is InChI=1S/C27H22ClFN2O3/c1-16-25(34-27(33)30-24(17-10-11-17)18-12-14-19(29)15-13-18)21-8-5-9-22(28)23(21)26(32)31(16)20-6-3-2-4-7-20/h2-9,12-15,17,24H,10-11H2,1H3,(H,30,33)/t24-/m0/s1. The van der Waals surface area contributed by atoms with Gasteiger partial charge in [0.05, 0.1) is 22.1 Å². The number of carbonyl (C=O) groups excluding carboxylic acids is 1. The minimum atomic E-state index is -0.649. The Labute approximate surface area is 200 Å². The summed E-state index contributed by atoms with van der Waals surface area (Å²) >= 11 is 6.41. The number of fused-ring (bicyclic) bond motifs is 1. The van der Waals surface area contributed by atoms with Crippen molar-refractivity contribution in [1.82, 2.24) is 9.88 Å². The maximum atomic E-state index is 13.4. The summed E-state index contributed by atoms with van der Waals surface area (Å²) < 4.78 is 20.7. The quantitative estimate of drug-likeness (QED) is 0.366. The second-order valence-corrected chi connectivity index (χ2v) is 8.86. The summed E-state index contributed by atoms with van der Waals surface area (Å²) in [7, 11) is 0. The van der Waals surface area contributed by atoms with Crippen LogP contribution >= 0.6 is 11.6 Å². The predicted octanol–water partition coefficient (Wildman–Crippen LogP) is 6.33. The minimum Gasteiger partial charge on any atom is -0.408 e. The lowest BCUT2D eigenvalue weighted by Gasteiger charge is -2.21. The summed E-state index contributed by atoms with van der Waals surface area (Å²) in [6.45, 7) is 1.73. The highest BCUT2D eigenvalue weighted by atomic mass is 35.5. The van der Waals surface area contributed by atoms with Crippen LogP contribution in [0.15, 0.2) is 77.6 Å². The lowest BCUT2D eigenvalue weighted by atomic mass is 10.0. The van der Waals surface area contributed by atoms with E-state index in [4.69, 9.17) is 16.3 Å². The molecule has 5 rings (SSSR count). The molecule has 1 aliphatic carbocycles. The lowest BCUT2D eigenvalue weighted by molar-refractivity contribution is 0.194. The molecule has 1 aliphatic rings. The molecule has 0 bridgehead atoms.